The monoisotopic (exact) mass is 264 g/mol. The molecule has 1 aromatic rings. The highest BCUT2D eigenvalue weighted by Crippen LogP contribution is 2.31. The standard InChI is InChI=1S/C13H16N2O4/c1-2-15-6-7-19-12-9(13(15)18)4-3-5-10(12)14-8-11(16)17/h3-5,14H,2,6-8H2,1H3,(H,16,17). The molecule has 0 fully saturated rings. The summed E-state index contributed by atoms with van der Waals surface area (Å²) in [6.07, 6.45) is 0. The first-order chi connectivity index (χ1) is 9.13. The summed E-state index contributed by atoms with van der Waals surface area (Å²) in [5.41, 5.74) is 1.00. The SMILES string of the molecule is CCN1CCOc2c(NCC(=O)O)cccc2C1=O. The summed E-state index contributed by atoms with van der Waals surface area (Å²) in [6.45, 7) is 3.25. The molecule has 0 unspecified atom stereocenters. The number of amides is 1. The van der Waals surface area contributed by atoms with E-state index in [9.17, 15) is 9.59 Å². The van der Waals surface area contributed by atoms with Gasteiger partial charge in [-0.05, 0) is 19.1 Å². The second-order valence-electron chi connectivity index (χ2n) is 4.16. The summed E-state index contributed by atoms with van der Waals surface area (Å²) in [5, 5.41) is 11.4. The Hall–Kier alpha value is -2.24. The maximum absolute atomic E-state index is 12.3. The number of rotatable bonds is 4. The lowest BCUT2D eigenvalue weighted by Crippen LogP contribution is -2.31. The van der Waals surface area contributed by atoms with Gasteiger partial charge in [-0.2, -0.15) is 0 Å². The van der Waals surface area contributed by atoms with Crippen molar-refractivity contribution in [3.63, 3.8) is 0 Å². The van der Waals surface area contributed by atoms with Crippen LogP contribution in [0.1, 0.15) is 17.3 Å². The van der Waals surface area contributed by atoms with Crippen LogP contribution in [0, 0.1) is 0 Å². The molecule has 0 saturated heterocycles. The van der Waals surface area contributed by atoms with E-state index < -0.39 is 5.97 Å². The van der Waals surface area contributed by atoms with Crippen LogP contribution in [0.2, 0.25) is 0 Å². The summed E-state index contributed by atoms with van der Waals surface area (Å²) >= 11 is 0. The third kappa shape index (κ3) is 2.78. The Labute approximate surface area is 111 Å². The van der Waals surface area contributed by atoms with E-state index in [0.717, 1.165) is 0 Å². The fourth-order valence-corrected chi connectivity index (χ4v) is 2.00. The van der Waals surface area contributed by atoms with Gasteiger partial charge in [0.2, 0.25) is 0 Å². The van der Waals surface area contributed by atoms with Crippen molar-refractivity contribution in [1.82, 2.24) is 4.90 Å². The fraction of sp³-hybridized carbons (Fsp3) is 0.385. The molecule has 0 bridgehead atoms. The van der Waals surface area contributed by atoms with Crippen LogP contribution in [0.25, 0.3) is 0 Å². The number of carbonyl (C=O) groups excluding carboxylic acids is 1. The molecule has 0 aliphatic carbocycles. The molecule has 0 radical (unpaired) electrons. The first kappa shape index (κ1) is 13.2. The minimum absolute atomic E-state index is 0.0889. The third-order valence-corrected chi connectivity index (χ3v) is 2.95. The van der Waals surface area contributed by atoms with Gasteiger partial charge in [-0.25, -0.2) is 0 Å². The number of fused-ring (bicyclic) bond motifs is 1. The molecule has 1 amide bonds. The minimum atomic E-state index is -0.965. The van der Waals surface area contributed by atoms with Gasteiger partial charge in [0.1, 0.15) is 13.2 Å². The van der Waals surface area contributed by atoms with Gasteiger partial charge < -0.3 is 20.1 Å². The second-order valence-corrected chi connectivity index (χ2v) is 4.16. The van der Waals surface area contributed by atoms with Crippen LogP contribution in [0.15, 0.2) is 18.2 Å². The average Bonchev–Trinajstić information content (AvgIpc) is 2.56. The van der Waals surface area contributed by atoms with E-state index in [0.29, 0.717) is 36.7 Å². The van der Waals surface area contributed by atoms with E-state index >= 15 is 0 Å². The van der Waals surface area contributed by atoms with Crippen molar-refractivity contribution in [1.29, 1.82) is 0 Å². The van der Waals surface area contributed by atoms with Gasteiger partial charge in [0, 0.05) is 6.54 Å². The molecule has 2 N–H and O–H groups in total. The van der Waals surface area contributed by atoms with Crippen LogP contribution >= 0.6 is 0 Å². The Bertz CT molecular complexity index is 501. The van der Waals surface area contributed by atoms with Crippen LogP contribution in [0.3, 0.4) is 0 Å². The first-order valence-corrected chi connectivity index (χ1v) is 6.14. The molecule has 1 aliphatic heterocycles. The maximum atomic E-state index is 12.3. The number of para-hydroxylation sites is 1. The number of ether oxygens (including phenoxy) is 1. The van der Waals surface area contributed by atoms with Gasteiger partial charge in [-0.3, -0.25) is 9.59 Å². The van der Waals surface area contributed by atoms with Gasteiger partial charge >= 0.3 is 5.97 Å². The smallest absolute Gasteiger partial charge is 0.322 e. The van der Waals surface area contributed by atoms with Crippen molar-refractivity contribution in [2.24, 2.45) is 0 Å². The van der Waals surface area contributed by atoms with Crippen molar-refractivity contribution in [2.45, 2.75) is 6.92 Å². The highest BCUT2D eigenvalue weighted by molar-refractivity contribution is 5.99. The zero-order chi connectivity index (χ0) is 13.8. The number of anilines is 1. The van der Waals surface area contributed by atoms with Crippen LogP contribution in [0.5, 0.6) is 5.75 Å². The minimum Gasteiger partial charge on any atom is -0.489 e. The molecule has 6 nitrogen and oxygen atoms in total. The summed E-state index contributed by atoms with van der Waals surface area (Å²) in [6, 6.07) is 5.11. The van der Waals surface area contributed by atoms with Crippen LogP contribution in [-0.2, 0) is 4.79 Å². The van der Waals surface area contributed by atoms with Crippen molar-refractivity contribution in [3.8, 4) is 5.75 Å². The molecule has 2 rings (SSSR count). The van der Waals surface area contributed by atoms with Crippen molar-refractivity contribution in [2.75, 3.05) is 31.6 Å². The quantitative estimate of drug-likeness (QED) is 0.849. The molecular formula is C13H16N2O4. The highest BCUT2D eigenvalue weighted by atomic mass is 16.5. The van der Waals surface area contributed by atoms with Gasteiger partial charge in [0.05, 0.1) is 17.8 Å². The second kappa shape index (κ2) is 5.60. The molecule has 1 heterocycles. The van der Waals surface area contributed by atoms with Crippen molar-refractivity contribution >= 4 is 17.6 Å². The molecule has 0 aromatic heterocycles. The number of carboxylic acid groups (broad SMARTS) is 1. The van der Waals surface area contributed by atoms with Crippen LogP contribution in [0.4, 0.5) is 5.69 Å². The zero-order valence-corrected chi connectivity index (χ0v) is 10.7. The molecule has 6 heteroatoms. The molecule has 1 aromatic carbocycles. The van der Waals surface area contributed by atoms with E-state index in [4.69, 9.17) is 9.84 Å². The number of hydrogen-bond acceptors (Lipinski definition) is 4. The summed E-state index contributed by atoms with van der Waals surface area (Å²) < 4.78 is 5.60. The van der Waals surface area contributed by atoms with E-state index in [2.05, 4.69) is 5.32 Å². The van der Waals surface area contributed by atoms with Gasteiger partial charge in [0.25, 0.3) is 5.91 Å². The van der Waals surface area contributed by atoms with Gasteiger partial charge in [0.15, 0.2) is 5.75 Å². The van der Waals surface area contributed by atoms with Crippen molar-refractivity contribution < 1.29 is 19.4 Å². The molecule has 0 spiro atoms. The van der Waals surface area contributed by atoms with Crippen molar-refractivity contribution in [3.05, 3.63) is 23.8 Å². The molecule has 0 atom stereocenters. The van der Waals surface area contributed by atoms with Gasteiger partial charge in [-0.15, -0.1) is 0 Å². The zero-order valence-electron chi connectivity index (χ0n) is 10.7. The Morgan fingerprint density at radius 1 is 1.53 bits per heavy atom. The first-order valence-electron chi connectivity index (χ1n) is 6.14. The number of carbonyl (C=O) groups is 2. The Morgan fingerprint density at radius 3 is 3.00 bits per heavy atom. The lowest BCUT2D eigenvalue weighted by molar-refractivity contribution is -0.134. The predicted molar refractivity (Wildman–Crippen MR) is 69.6 cm³/mol. The maximum Gasteiger partial charge on any atom is 0.322 e. The summed E-state index contributed by atoms with van der Waals surface area (Å²) in [5.74, 6) is -0.619. The largest absolute Gasteiger partial charge is 0.489 e. The van der Waals surface area contributed by atoms with Crippen LogP contribution in [-0.4, -0.2) is 48.1 Å². The van der Waals surface area contributed by atoms with E-state index in [1.165, 1.54) is 0 Å². The van der Waals surface area contributed by atoms with E-state index in [1.54, 1.807) is 23.1 Å². The number of aliphatic carboxylic acids is 1. The number of nitrogens with zero attached hydrogens (tertiary/aromatic N) is 1. The third-order valence-electron chi connectivity index (χ3n) is 2.95. The lowest BCUT2D eigenvalue weighted by atomic mass is 10.1. The number of nitrogens with one attached hydrogen (secondary N) is 1. The topological polar surface area (TPSA) is 78.9 Å². The predicted octanol–water partition coefficient (Wildman–Crippen LogP) is 1.04. The molecule has 0 saturated carbocycles. The molecule has 19 heavy (non-hydrogen) atoms. The van der Waals surface area contributed by atoms with Gasteiger partial charge in [-0.1, -0.05) is 6.07 Å². The molecule has 1 aliphatic rings. The number of benzene rings is 1. The average molecular weight is 264 g/mol. The van der Waals surface area contributed by atoms with Crippen LogP contribution < -0.4 is 10.1 Å². The highest BCUT2D eigenvalue weighted by Gasteiger charge is 2.24. The Kier molecular flexibility index (Phi) is 3.89. The lowest BCUT2D eigenvalue weighted by Gasteiger charge is -2.17. The van der Waals surface area contributed by atoms with E-state index in [-0.39, 0.29) is 12.5 Å². The normalized spacial score (nSPS) is 14.4. The number of carboxylic acids is 1. The number of hydrogen-bond donors (Lipinski definition) is 2. The fourth-order valence-electron chi connectivity index (χ4n) is 2.00. The Morgan fingerprint density at radius 2 is 2.32 bits per heavy atom. The summed E-state index contributed by atoms with van der Waals surface area (Å²) in [7, 11) is 0. The Balaban J connectivity index is 2.33. The molecule has 102 valence electrons. The van der Waals surface area contributed by atoms with E-state index in [1.807, 2.05) is 6.92 Å². The number of likely N-dealkylation sites (N-methyl/N-ethyl adjacent to an activating group) is 1. The molecular weight excluding hydrogens is 248 g/mol. The summed E-state index contributed by atoms with van der Waals surface area (Å²) in [4.78, 5) is 24.6.